The maximum atomic E-state index is 9.54. The van der Waals surface area contributed by atoms with Crippen molar-refractivity contribution in [3.8, 4) is 5.75 Å². The Bertz CT molecular complexity index is 577. The fourth-order valence-corrected chi connectivity index (χ4v) is 3.15. The molecule has 1 saturated carbocycles. The van der Waals surface area contributed by atoms with Crippen LogP contribution in [0.15, 0.2) is 54.1 Å². The molecular formula is C20H22O. The third-order valence-electron chi connectivity index (χ3n) is 4.31. The van der Waals surface area contributed by atoms with Crippen molar-refractivity contribution in [3.63, 3.8) is 0 Å². The molecule has 0 atom stereocenters. The first-order valence-corrected chi connectivity index (χ1v) is 7.82. The Balaban J connectivity index is 2.10. The van der Waals surface area contributed by atoms with Crippen LogP contribution in [-0.2, 0) is 0 Å². The Morgan fingerprint density at radius 3 is 1.86 bits per heavy atom. The Hall–Kier alpha value is -2.02. The molecule has 0 heterocycles. The van der Waals surface area contributed by atoms with Gasteiger partial charge in [-0.05, 0) is 61.4 Å². The van der Waals surface area contributed by atoms with Gasteiger partial charge in [0.05, 0.1) is 0 Å². The van der Waals surface area contributed by atoms with E-state index in [1.807, 2.05) is 12.1 Å². The van der Waals surface area contributed by atoms with Crippen LogP contribution in [-0.4, -0.2) is 5.11 Å². The van der Waals surface area contributed by atoms with Crippen LogP contribution < -0.4 is 0 Å². The lowest BCUT2D eigenvalue weighted by Crippen LogP contribution is -2.00. The SMILES string of the molecule is Cc1ccc(C(=C2CCCCC2)c2ccc(O)cc2)cc1. The second kappa shape index (κ2) is 6.17. The molecule has 0 aromatic heterocycles. The molecule has 1 heteroatoms. The number of hydrogen-bond donors (Lipinski definition) is 1. The number of aromatic hydroxyl groups is 1. The van der Waals surface area contributed by atoms with Crippen molar-refractivity contribution in [2.24, 2.45) is 0 Å². The zero-order valence-electron chi connectivity index (χ0n) is 12.6. The summed E-state index contributed by atoms with van der Waals surface area (Å²) < 4.78 is 0. The number of hydrogen-bond acceptors (Lipinski definition) is 1. The van der Waals surface area contributed by atoms with E-state index in [2.05, 4.69) is 31.2 Å². The molecule has 0 spiro atoms. The van der Waals surface area contributed by atoms with Crippen LogP contribution in [0.1, 0.15) is 48.8 Å². The molecule has 0 aliphatic heterocycles. The lowest BCUT2D eigenvalue weighted by atomic mass is 9.85. The number of phenolic OH excluding ortho intramolecular Hbond substituents is 1. The van der Waals surface area contributed by atoms with Crippen LogP contribution in [0.25, 0.3) is 5.57 Å². The van der Waals surface area contributed by atoms with Crippen LogP contribution >= 0.6 is 0 Å². The number of phenols is 1. The van der Waals surface area contributed by atoms with Crippen molar-refractivity contribution in [3.05, 3.63) is 70.8 Å². The van der Waals surface area contributed by atoms with Gasteiger partial charge in [0.15, 0.2) is 0 Å². The smallest absolute Gasteiger partial charge is 0.115 e. The molecule has 1 aliphatic carbocycles. The number of allylic oxidation sites excluding steroid dienone is 1. The maximum Gasteiger partial charge on any atom is 0.115 e. The van der Waals surface area contributed by atoms with Gasteiger partial charge < -0.3 is 5.11 Å². The fraction of sp³-hybridized carbons (Fsp3) is 0.300. The monoisotopic (exact) mass is 278 g/mol. The third kappa shape index (κ3) is 3.18. The summed E-state index contributed by atoms with van der Waals surface area (Å²) in [6.07, 6.45) is 6.33. The summed E-state index contributed by atoms with van der Waals surface area (Å²) >= 11 is 0. The maximum absolute atomic E-state index is 9.54. The molecular weight excluding hydrogens is 256 g/mol. The highest BCUT2D eigenvalue weighted by atomic mass is 16.3. The van der Waals surface area contributed by atoms with Crippen LogP contribution in [0.2, 0.25) is 0 Å². The van der Waals surface area contributed by atoms with Crippen molar-refractivity contribution in [2.45, 2.75) is 39.0 Å². The molecule has 1 nitrogen and oxygen atoms in total. The van der Waals surface area contributed by atoms with Gasteiger partial charge >= 0.3 is 0 Å². The zero-order chi connectivity index (χ0) is 14.7. The summed E-state index contributed by atoms with van der Waals surface area (Å²) in [6.45, 7) is 2.12. The summed E-state index contributed by atoms with van der Waals surface area (Å²) in [7, 11) is 0. The molecule has 0 bridgehead atoms. The summed E-state index contributed by atoms with van der Waals surface area (Å²) in [5, 5.41) is 9.54. The molecule has 1 fully saturated rings. The molecule has 21 heavy (non-hydrogen) atoms. The standard InChI is InChI=1S/C20H22O/c1-15-7-9-17(10-8-15)20(16-5-3-2-4-6-16)18-11-13-19(21)14-12-18/h7-14,21H,2-6H2,1H3. The second-order valence-corrected chi connectivity index (χ2v) is 5.95. The third-order valence-corrected chi connectivity index (χ3v) is 4.31. The summed E-state index contributed by atoms with van der Waals surface area (Å²) in [5.41, 5.74) is 6.74. The largest absolute Gasteiger partial charge is 0.508 e. The van der Waals surface area contributed by atoms with E-state index in [9.17, 15) is 5.11 Å². The van der Waals surface area contributed by atoms with E-state index in [-0.39, 0.29) is 0 Å². The number of aryl methyl sites for hydroxylation is 1. The van der Waals surface area contributed by atoms with Crippen LogP contribution in [0, 0.1) is 6.92 Å². The Morgan fingerprint density at radius 2 is 1.29 bits per heavy atom. The van der Waals surface area contributed by atoms with E-state index < -0.39 is 0 Å². The molecule has 0 amide bonds. The van der Waals surface area contributed by atoms with E-state index >= 15 is 0 Å². The highest BCUT2D eigenvalue weighted by Crippen LogP contribution is 2.35. The van der Waals surface area contributed by atoms with Gasteiger partial charge in [0.25, 0.3) is 0 Å². The minimum absolute atomic E-state index is 0.329. The van der Waals surface area contributed by atoms with Gasteiger partial charge in [-0.1, -0.05) is 54.0 Å². The average Bonchev–Trinajstić information content (AvgIpc) is 2.52. The first-order valence-electron chi connectivity index (χ1n) is 7.82. The quantitative estimate of drug-likeness (QED) is 0.772. The second-order valence-electron chi connectivity index (χ2n) is 5.95. The van der Waals surface area contributed by atoms with E-state index in [4.69, 9.17) is 0 Å². The Labute approximate surface area is 127 Å². The summed E-state index contributed by atoms with van der Waals surface area (Å²) in [5.74, 6) is 0.329. The number of rotatable bonds is 2. The Morgan fingerprint density at radius 1 is 0.762 bits per heavy atom. The zero-order valence-corrected chi connectivity index (χ0v) is 12.6. The molecule has 108 valence electrons. The van der Waals surface area contributed by atoms with E-state index in [0.29, 0.717) is 5.75 Å². The van der Waals surface area contributed by atoms with E-state index in [1.165, 1.54) is 54.4 Å². The van der Waals surface area contributed by atoms with Gasteiger partial charge in [0, 0.05) is 0 Å². The lowest BCUT2D eigenvalue weighted by molar-refractivity contribution is 0.475. The van der Waals surface area contributed by atoms with Gasteiger partial charge in [-0.3, -0.25) is 0 Å². The first kappa shape index (κ1) is 13.9. The molecule has 0 saturated heterocycles. The first-order chi connectivity index (χ1) is 10.2. The minimum atomic E-state index is 0.329. The summed E-state index contributed by atoms with van der Waals surface area (Å²) in [6, 6.07) is 16.4. The fourth-order valence-electron chi connectivity index (χ4n) is 3.15. The molecule has 2 aromatic carbocycles. The van der Waals surface area contributed by atoms with Gasteiger partial charge in [0.1, 0.15) is 5.75 Å². The number of benzene rings is 2. The van der Waals surface area contributed by atoms with Crippen molar-refractivity contribution in [1.82, 2.24) is 0 Å². The molecule has 1 N–H and O–H groups in total. The normalized spacial score (nSPS) is 15.0. The van der Waals surface area contributed by atoms with Crippen molar-refractivity contribution >= 4 is 5.57 Å². The average molecular weight is 278 g/mol. The molecule has 1 aliphatic rings. The van der Waals surface area contributed by atoms with Gasteiger partial charge in [-0.2, -0.15) is 0 Å². The van der Waals surface area contributed by atoms with Crippen molar-refractivity contribution < 1.29 is 5.11 Å². The minimum Gasteiger partial charge on any atom is -0.508 e. The predicted octanol–water partition coefficient (Wildman–Crippen LogP) is 5.47. The van der Waals surface area contributed by atoms with Crippen LogP contribution in [0.5, 0.6) is 5.75 Å². The molecule has 0 unspecified atom stereocenters. The lowest BCUT2D eigenvalue weighted by Gasteiger charge is -2.20. The molecule has 3 rings (SSSR count). The summed E-state index contributed by atoms with van der Waals surface area (Å²) in [4.78, 5) is 0. The van der Waals surface area contributed by atoms with Gasteiger partial charge in [-0.25, -0.2) is 0 Å². The van der Waals surface area contributed by atoms with Crippen molar-refractivity contribution in [2.75, 3.05) is 0 Å². The van der Waals surface area contributed by atoms with E-state index in [0.717, 1.165) is 0 Å². The predicted molar refractivity (Wildman–Crippen MR) is 88.4 cm³/mol. The van der Waals surface area contributed by atoms with Gasteiger partial charge in [0.2, 0.25) is 0 Å². The highest BCUT2D eigenvalue weighted by Gasteiger charge is 2.14. The molecule has 2 aromatic rings. The topological polar surface area (TPSA) is 20.2 Å². The van der Waals surface area contributed by atoms with Crippen molar-refractivity contribution in [1.29, 1.82) is 0 Å². The van der Waals surface area contributed by atoms with Crippen LogP contribution in [0.4, 0.5) is 0 Å². The Kier molecular flexibility index (Phi) is 4.10. The highest BCUT2D eigenvalue weighted by molar-refractivity contribution is 5.82. The molecule has 0 radical (unpaired) electrons. The van der Waals surface area contributed by atoms with Crippen LogP contribution in [0.3, 0.4) is 0 Å². The van der Waals surface area contributed by atoms with Gasteiger partial charge in [-0.15, -0.1) is 0 Å². The van der Waals surface area contributed by atoms with E-state index in [1.54, 1.807) is 17.7 Å².